The fourth-order valence-corrected chi connectivity index (χ4v) is 7.28. The Bertz CT molecular complexity index is 1760. The molecule has 248 valence electrons. The van der Waals surface area contributed by atoms with Crippen LogP contribution in [-0.2, 0) is 29.6 Å². The van der Waals surface area contributed by atoms with Crippen LogP contribution in [0.15, 0.2) is 107 Å². The molecule has 2 N–H and O–H groups in total. The summed E-state index contributed by atoms with van der Waals surface area (Å²) in [5, 5.41) is 5.26. The topological polar surface area (TPSA) is 133 Å². The number of carbonyl (C=O) groups is 2. The van der Waals surface area contributed by atoms with E-state index in [0.29, 0.717) is 0 Å². The molecule has 14 heteroatoms. The molecular weight excluding hydrogens is 651 g/mol. The van der Waals surface area contributed by atoms with Crippen LogP contribution in [0.5, 0.6) is 0 Å². The highest BCUT2D eigenvalue weighted by molar-refractivity contribution is 7.93. The van der Waals surface area contributed by atoms with Crippen molar-refractivity contribution in [1.29, 1.82) is 0 Å². The van der Waals surface area contributed by atoms with Crippen molar-refractivity contribution >= 4 is 43.2 Å². The van der Waals surface area contributed by atoms with Crippen LogP contribution in [0.1, 0.15) is 17.5 Å². The summed E-state index contributed by atoms with van der Waals surface area (Å²) in [5.74, 6) is -2.43. The molecule has 0 unspecified atom stereocenters. The molecule has 0 heterocycles. The molecule has 0 aliphatic heterocycles. The predicted molar refractivity (Wildman–Crippen MR) is 175 cm³/mol. The van der Waals surface area contributed by atoms with Crippen molar-refractivity contribution < 1.29 is 35.2 Å². The molecule has 4 aromatic rings. The summed E-state index contributed by atoms with van der Waals surface area (Å²) in [7, 11) is -8.44. The number of hydrogen-bond donors (Lipinski definition) is 2. The monoisotopic (exact) mass is 684 g/mol. The van der Waals surface area contributed by atoms with Crippen LogP contribution >= 0.6 is 0 Å². The van der Waals surface area contributed by atoms with E-state index in [1.807, 2.05) is 13.8 Å². The van der Waals surface area contributed by atoms with E-state index in [9.17, 15) is 35.2 Å². The second-order valence-electron chi connectivity index (χ2n) is 10.7. The molecule has 4 aromatic carbocycles. The minimum atomic E-state index is -4.22. The lowest BCUT2D eigenvalue weighted by molar-refractivity contribution is -0.119. The van der Waals surface area contributed by atoms with Crippen molar-refractivity contribution in [2.24, 2.45) is 0 Å². The van der Waals surface area contributed by atoms with Gasteiger partial charge in [-0.05, 0) is 93.1 Å². The number of amides is 2. The Morgan fingerprint density at radius 2 is 0.872 bits per heavy atom. The summed E-state index contributed by atoms with van der Waals surface area (Å²) in [6.45, 7) is 2.71. The molecule has 0 aliphatic rings. The third-order valence-electron chi connectivity index (χ3n) is 7.02. The van der Waals surface area contributed by atoms with Gasteiger partial charge in [0.1, 0.15) is 24.7 Å². The van der Waals surface area contributed by atoms with Gasteiger partial charge >= 0.3 is 0 Å². The number of sulfonamides is 2. The number of nitrogens with one attached hydrogen (secondary N) is 2. The van der Waals surface area contributed by atoms with Gasteiger partial charge in [-0.15, -0.1) is 0 Å². The standard InChI is InChI=1S/C33H34F2N4O6S2/c1-24-4-12-28(13-5-24)38(46(42,43)30-16-8-26(34)9-17-30)22-32(40)36-20-3-21-37-33(41)23-39(29-14-6-25(2)7-15-29)47(44,45)31-18-10-27(35)11-19-31/h4-19H,3,20-23H2,1-2H3,(H,36,40)(H,37,41). The van der Waals surface area contributed by atoms with Gasteiger partial charge in [0.05, 0.1) is 21.2 Å². The fraction of sp³-hybridized carbons (Fsp3) is 0.212. The van der Waals surface area contributed by atoms with Crippen molar-refractivity contribution in [3.05, 3.63) is 120 Å². The third kappa shape index (κ3) is 9.14. The molecule has 10 nitrogen and oxygen atoms in total. The van der Waals surface area contributed by atoms with Crippen molar-refractivity contribution in [3.63, 3.8) is 0 Å². The van der Waals surface area contributed by atoms with Crippen LogP contribution in [0.3, 0.4) is 0 Å². The Morgan fingerprint density at radius 1 is 0.553 bits per heavy atom. The normalized spacial score (nSPS) is 11.5. The number of carbonyl (C=O) groups excluding carboxylic acids is 2. The molecule has 0 saturated heterocycles. The minimum absolute atomic E-state index is 0.0764. The number of aryl methyl sites for hydroxylation is 2. The summed E-state index contributed by atoms with van der Waals surface area (Å²) in [5.41, 5.74) is 2.26. The number of rotatable bonds is 14. The predicted octanol–water partition coefficient (Wildman–Crippen LogP) is 4.29. The maximum absolute atomic E-state index is 13.5. The first-order valence-electron chi connectivity index (χ1n) is 14.5. The lowest BCUT2D eigenvalue weighted by atomic mass is 10.2. The zero-order chi connectivity index (χ0) is 34.2. The molecule has 0 atom stereocenters. The van der Waals surface area contributed by atoms with Crippen molar-refractivity contribution in [2.75, 3.05) is 34.8 Å². The summed E-state index contributed by atoms with van der Waals surface area (Å²) in [6.07, 6.45) is 0.252. The van der Waals surface area contributed by atoms with Crippen LogP contribution in [0.25, 0.3) is 0 Å². The van der Waals surface area contributed by atoms with Gasteiger partial charge in [0, 0.05) is 13.1 Å². The number of anilines is 2. The molecular formula is C33H34F2N4O6S2. The van der Waals surface area contributed by atoms with E-state index >= 15 is 0 Å². The highest BCUT2D eigenvalue weighted by atomic mass is 32.2. The molecule has 47 heavy (non-hydrogen) atoms. The van der Waals surface area contributed by atoms with Gasteiger partial charge in [-0.1, -0.05) is 35.4 Å². The minimum Gasteiger partial charge on any atom is -0.354 e. The SMILES string of the molecule is Cc1ccc(N(CC(=O)NCCCNC(=O)CN(c2ccc(C)cc2)S(=O)(=O)c2ccc(F)cc2)S(=O)(=O)c2ccc(F)cc2)cc1. The fourth-order valence-electron chi connectivity index (χ4n) is 4.44. The maximum atomic E-state index is 13.5. The van der Waals surface area contributed by atoms with Crippen LogP contribution < -0.4 is 19.2 Å². The molecule has 0 spiro atoms. The molecule has 0 aromatic heterocycles. The summed E-state index contributed by atoms with van der Waals surface area (Å²) < 4.78 is 82.4. The molecule has 0 fully saturated rings. The smallest absolute Gasteiger partial charge is 0.264 e. The van der Waals surface area contributed by atoms with Gasteiger partial charge in [-0.2, -0.15) is 0 Å². The highest BCUT2D eigenvalue weighted by Crippen LogP contribution is 2.25. The number of hydrogen-bond acceptors (Lipinski definition) is 6. The summed E-state index contributed by atoms with van der Waals surface area (Å²) in [6, 6.07) is 21.6. The van der Waals surface area contributed by atoms with Gasteiger partial charge in [0.15, 0.2) is 0 Å². The van der Waals surface area contributed by atoms with E-state index in [2.05, 4.69) is 10.6 Å². The lowest BCUT2D eigenvalue weighted by Gasteiger charge is -2.24. The average Bonchev–Trinajstić information content (AvgIpc) is 3.03. The Labute approximate surface area is 273 Å². The Morgan fingerprint density at radius 3 is 1.19 bits per heavy atom. The van der Waals surface area contributed by atoms with E-state index in [0.717, 1.165) is 68.3 Å². The largest absolute Gasteiger partial charge is 0.354 e. The summed E-state index contributed by atoms with van der Waals surface area (Å²) in [4.78, 5) is 25.3. The van der Waals surface area contributed by atoms with E-state index < -0.39 is 56.6 Å². The Balaban J connectivity index is 1.36. The van der Waals surface area contributed by atoms with Crippen molar-refractivity contribution in [3.8, 4) is 0 Å². The van der Waals surface area contributed by atoms with Crippen LogP contribution in [0.2, 0.25) is 0 Å². The van der Waals surface area contributed by atoms with E-state index in [4.69, 9.17) is 0 Å². The van der Waals surface area contributed by atoms with Crippen molar-refractivity contribution in [1.82, 2.24) is 10.6 Å². The van der Waals surface area contributed by atoms with E-state index in [-0.39, 0.29) is 40.7 Å². The zero-order valence-electron chi connectivity index (χ0n) is 25.7. The number of benzene rings is 4. The molecule has 4 rings (SSSR count). The quantitative estimate of drug-likeness (QED) is 0.191. The third-order valence-corrected chi connectivity index (χ3v) is 10.6. The summed E-state index contributed by atoms with van der Waals surface area (Å²) >= 11 is 0. The second kappa shape index (κ2) is 15.2. The molecule has 0 bridgehead atoms. The van der Waals surface area contributed by atoms with E-state index in [1.165, 1.54) is 0 Å². The second-order valence-corrected chi connectivity index (χ2v) is 14.4. The Hall–Kier alpha value is -4.82. The number of nitrogens with zero attached hydrogens (tertiary/aromatic N) is 2. The van der Waals surface area contributed by atoms with Crippen LogP contribution in [0, 0.1) is 25.5 Å². The first kappa shape index (κ1) is 35.0. The van der Waals surface area contributed by atoms with Crippen LogP contribution in [-0.4, -0.2) is 54.8 Å². The van der Waals surface area contributed by atoms with Crippen molar-refractivity contribution in [2.45, 2.75) is 30.1 Å². The van der Waals surface area contributed by atoms with Gasteiger partial charge in [0.2, 0.25) is 11.8 Å². The average molecular weight is 685 g/mol. The van der Waals surface area contributed by atoms with Crippen LogP contribution in [0.4, 0.5) is 20.2 Å². The lowest BCUT2D eigenvalue weighted by Crippen LogP contribution is -2.42. The van der Waals surface area contributed by atoms with Gasteiger partial charge in [-0.25, -0.2) is 25.6 Å². The maximum Gasteiger partial charge on any atom is 0.264 e. The van der Waals surface area contributed by atoms with Gasteiger partial charge in [0.25, 0.3) is 20.0 Å². The number of halogens is 2. The van der Waals surface area contributed by atoms with Gasteiger partial charge in [-0.3, -0.25) is 18.2 Å². The highest BCUT2D eigenvalue weighted by Gasteiger charge is 2.28. The molecule has 0 radical (unpaired) electrons. The Kier molecular flexibility index (Phi) is 11.3. The first-order valence-corrected chi connectivity index (χ1v) is 17.4. The van der Waals surface area contributed by atoms with E-state index in [1.54, 1.807) is 48.5 Å². The molecule has 0 saturated carbocycles. The first-order chi connectivity index (χ1) is 22.3. The molecule has 2 amide bonds. The van der Waals surface area contributed by atoms with Gasteiger partial charge < -0.3 is 10.6 Å². The molecule has 0 aliphatic carbocycles. The zero-order valence-corrected chi connectivity index (χ0v) is 27.3.